The number of benzene rings is 1. The van der Waals surface area contributed by atoms with E-state index in [9.17, 15) is 23.6 Å². The van der Waals surface area contributed by atoms with Crippen LogP contribution in [0.15, 0.2) is 34.7 Å². The summed E-state index contributed by atoms with van der Waals surface area (Å²) < 4.78 is 33.8. The molecule has 1 aromatic carbocycles. The predicted octanol–water partition coefficient (Wildman–Crippen LogP) is 3.75. The highest BCUT2D eigenvalue weighted by molar-refractivity contribution is 6.01. The number of hydroxylamine groups is 1. The summed E-state index contributed by atoms with van der Waals surface area (Å²) in [5, 5.41) is 15.7. The molecule has 2 aliphatic carbocycles. The van der Waals surface area contributed by atoms with Gasteiger partial charge in [-0.3, -0.25) is 19.2 Å². The van der Waals surface area contributed by atoms with Gasteiger partial charge in [0.2, 0.25) is 11.8 Å². The molecular formula is C34H46F2N8O6. The van der Waals surface area contributed by atoms with Gasteiger partial charge in [0.25, 0.3) is 5.91 Å². The van der Waals surface area contributed by atoms with Gasteiger partial charge in [0.1, 0.15) is 23.6 Å². The normalized spacial score (nSPS) is 21.5. The smallest absolute Gasteiger partial charge is 0.338 e. The van der Waals surface area contributed by atoms with Gasteiger partial charge in [-0.1, -0.05) is 18.1 Å². The van der Waals surface area contributed by atoms with Crippen molar-refractivity contribution in [2.24, 2.45) is 5.92 Å². The summed E-state index contributed by atoms with van der Waals surface area (Å²) in [6.07, 6.45) is 4.00. The summed E-state index contributed by atoms with van der Waals surface area (Å²) in [5.41, 5.74) is 3.59. The van der Waals surface area contributed by atoms with Crippen LogP contribution < -0.4 is 21.4 Å². The Labute approximate surface area is 289 Å². The molecule has 0 radical (unpaired) electrons. The largest absolute Gasteiger partial charge is 0.339 e. The molecule has 2 heterocycles. The first kappa shape index (κ1) is 36.8. The Bertz CT molecular complexity index is 1570. The lowest BCUT2D eigenvalue weighted by Crippen LogP contribution is -2.59. The minimum Gasteiger partial charge on any atom is -0.338 e. The van der Waals surface area contributed by atoms with Gasteiger partial charge in [-0.05, 0) is 93.8 Å². The van der Waals surface area contributed by atoms with Crippen LogP contribution in [0.1, 0.15) is 92.9 Å². The number of likely N-dealkylation sites (N-methyl/N-ethyl adjacent to an activating group) is 1. The summed E-state index contributed by atoms with van der Waals surface area (Å²) in [6, 6.07) is 1.45. The second kappa shape index (κ2) is 16.5. The first-order valence-electron chi connectivity index (χ1n) is 17.2. The second-order valence-corrected chi connectivity index (χ2v) is 13.4. The van der Waals surface area contributed by atoms with Gasteiger partial charge < -0.3 is 25.8 Å². The molecule has 3 aliphatic rings. The third-order valence-electron chi connectivity index (χ3n) is 9.97. The molecule has 16 heteroatoms. The molecule has 4 atom stereocenters. The molecule has 2 saturated carbocycles. The summed E-state index contributed by atoms with van der Waals surface area (Å²) in [7, 11) is 1.98. The van der Waals surface area contributed by atoms with Crippen LogP contribution in [0.25, 0.3) is 0 Å². The topological polar surface area (TPSA) is 171 Å². The minimum atomic E-state index is -1.08. The fourth-order valence-corrected chi connectivity index (χ4v) is 6.51. The van der Waals surface area contributed by atoms with E-state index in [1.54, 1.807) is 24.8 Å². The number of halogens is 2. The quantitative estimate of drug-likeness (QED) is 0.241. The lowest BCUT2D eigenvalue weighted by atomic mass is 9.81. The molecule has 0 bridgehead atoms. The van der Waals surface area contributed by atoms with Crippen LogP contribution in [0.2, 0.25) is 0 Å². The number of hydrogen-bond donors (Lipinski definition) is 4. The standard InChI is InChI=1S/C34H46F2N8O6/c1-5-49-42-34(48)39-27(33(47)44-15-14-43(4)19(2)18-44)20(3)24-12-13-26(25(36)16-24)37-31(45)29(23-8-6-21(17-35)7-9-23)38-32(46)30-28(22-10-11-22)40-50-41-30/h12-13,16-17,19-20,22-23,27,29H,5-11,14-15,18H2,1-4H3,(H,37,45)(H,38,46)(H2,39,42,48)/t19-,20+,23?,27-,29+/m1/s1. The Morgan fingerprint density at radius 2 is 1.84 bits per heavy atom. The zero-order valence-corrected chi connectivity index (χ0v) is 28.8. The molecule has 3 fully saturated rings. The van der Waals surface area contributed by atoms with Crippen LogP contribution in [0.3, 0.4) is 0 Å². The van der Waals surface area contributed by atoms with E-state index >= 15 is 4.39 Å². The molecule has 5 amide bonds. The van der Waals surface area contributed by atoms with Crippen LogP contribution in [-0.2, 0) is 14.4 Å². The first-order valence-corrected chi connectivity index (χ1v) is 17.2. The summed E-state index contributed by atoms with van der Waals surface area (Å²) in [6.45, 7) is 7.23. The molecule has 2 aromatic rings. The van der Waals surface area contributed by atoms with Gasteiger partial charge >= 0.3 is 6.03 Å². The first-order chi connectivity index (χ1) is 24.0. The SMILES string of the molecule is CCONC(=O)N[C@@H](C(=O)N1CCN(C)[C@H](C)C1)[C@@H](C)c1ccc(NC(=O)[C@@H](NC(=O)c2nonc2C2CC2)C2CCC(=CF)CC2)c(F)c1. The lowest BCUT2D eigenvalue weighted by molar-refractivity contribution is -0.136. The van der Waals surface area contributed by atoms with Crippen molar-refractivity contribution in [3.63, 3.8) is 0 Å². The molecule has 1 aliphatic heterocycles. The molecule has 0 spiro atoms. The molecule has 1 aromatic heterocycles. The number of amides is 5. The highest BCUT2D eigenvalue weighted by Gasteiger charge is 2.38. The van der Waals surface area contributed by atoms with Crippen molar-refractivity contribution >= 4 is 29.4 Å². The molecule has 4 N–H and O–H groups in total. The number of carbonyl (C=O) groups excluding carboxylic acids is 4. The van der Waals surface area contributed by atoms with E-state index in [2.05, 4.69) is 36.6 Å². The number of hydrogen-bond acceptors (Lipinski definition) is 9. The van der Waals surface area contributed by atoms with Gasteiger partial charge in [-0.25, -0.2) is 23.7 Å². The van der Waals surface area contributed by atoms with Crippen LogP contribution >= 0.6 is 0 Å². The van der Waals surface area contributed by atoms with Crippen molar-refractivity contribution in [3.05, 3.63) is 52.9 Å². The van der Waals surface area contributed by atoms with Crippen LogP contribution in [0.4, 0.5) is 19.3 Å². The van der Waals surface area contributed by atoms with Crippen molar-refractivity contribution < 1.29 is 37.4 Å². The minimum absolute atomic E-state index is 0.00801. The molecule has 50 heavy (non-hydrogen) atoms. The number of piperazine rings is 1. The van der Waals surface area contributed by atoms with E-state index in [1.165, 1.54) is 12.1 Å². The fourth-order valence-electron chi connectivity index (χ4n) is 6.51. The van der Waals surface area contributed by atoms with Crippen molar-refractivity contribution in [2.45, 2.75) is 89.3 Å². The third kappa shape index (κ3) is 8.82. The Balaban J connectivity index is 1.33. The number of urea groups is 1. The molecule has 14 nitrogen and oxygen atoms in total. The second-order valence-electron chi connectivity index (χ2n) is 13.4. The summed E-state index contributed by atoms with van der Waals surface area (Å²) in [5.74, 6) is -3.31. The number of aromatic nitrogens is 2. The van der Waals surface area contributed by atoms with E-state index in [-0.39, 0.29) is 41.8 Å². The number of anilines is 1. The van der Waals surface area contributed by atoms with Crippen LogP contribution in [-0.4, -0.2) is 95.3 Å². The summed E-state index contributed by atoms with van der Waals surface area (Å²) >= 11 is 0. The van der Waals surface area contributed by atoms with Gasteiger partial charge in [-0.2, -0.15) is 0 Å². The van der Waals surface area contributed by atoms with Crippen molar-refractivity contribution in [2.75, 3.05) is 38.6 Å². The van der Waals surface area contributed by atoms with Gasteiger partial charge in [0, 0.05) is 37.5 Å². The average Bonchev–Trinajstić information content (AvgIpc) is 3.85. The van der Waals surface area contributed by atoms with Crippen LogP contribution in [0.5, 0.6) is 0 Å². The van der Waals surface area contributed by atoms with Crippen molar-refractivity contribution in [1.29, 1.82) is 0 Å². The molecule has 1 saturated heterocycles. The lowest BCUT2D eigenvalue weighted by Gasteiger charge is -2.40. The number of carbonyl (C=O) groups is 4. The highest BCUT2D eigenvalue weighted by Crippen LogP contribution is 2.40. The maximum Gasteiger partial charge on any atom is 0.339 e. The van der Waals surface area contributed by atoms with E-state index < -0.39 is 41.7 Å². The maximum atomic E-state index is 15.7. The van der Waals surface area contributed by atoms with Crippen molar-refractivity contribution in [3.8, 4) is 0 Å². The molecular weight excluding hydrogens is 654 g/mol. The van der Waals surface area contributed by atoms with E-state index in [4.69, 9.17) is 9.47 Å². The monoisotopic (exact) mass is 700 g/mol. The zero-order valence-electron chi connectivity index (χ0n) is 28.8. The zero-order chi connectivity index (χ0) is 35.9. The Morgan fingerprint density at radius 1 is 1.10 bits per heavy atom. The highest BCUT2D eigenvalue weighted by atomic mass is 19.1. The van der Waals surface area contributed by atoms with Gasteiger partial charge in [0.05, 0.1) is 18.6 Å². The van der Waals surface area contributed by atoms with Crippen molar-refractivity contribution in [1.82, 2.24) is 36.2 Å². The third-order valence-corrected chi connectivity index (χ3v) is 9.97. The molecule has 272 valence electrons. The Hall–Kier alpha value is -4.44. The maximum absolute atomic E-state index is 15.7. The Morgan fingerprint density at radius 3 is 2.48 bits per heavy atom. The number of allylic oxidation sites excluding steroid dienone is 1. The number of nitrogens with one attached hydrogen (secondary N) is 4. The summed E-state index contributed by atoms with van der Waals surface area (Å²) in [4.78, 5) is 62.3. The van der Waals surface area contributed by atoms with Gasteiger partial charge in [-0.15, -0.1) is 0 Å². The van der Waals surface area contributed by atoms with E-state index in [0.717, 1.165) is 12.8 Å². The van der Waals surface area contributed by atoms with E-state index in [0.29, 0.717) is 68.5 Å². The average molecular weight is 701 g/mol. The van der Waals surface area contributed by atoms with Crippen LogP contribution in [0, 0.1) is 11.7 Å². The number of nitrogens with zero attached hydrogens (tertiary/aromatic N) is 4. The van der Waals surface area contributed by atoms with E-state index in [1.807, 2.05) is 14.0 Å². The fraction of sp³-hybridized carbons (Fsp3) is 0.588. The Kier molecular flexibility index (Phi) is 12.2. The molecule has 0 unspecified atom stereocenters. The molecule has 5 rings (SSSR count). The number of rotatable bonds is 12. The predicted molar refractivity (Wildman–Crippen MR) is 178 cm³/mol. The van der Waals surface area contributed by atoms with Gasteiger partial charge in [0.15, 0.2) is 5.69 Å².